The van der Waals surface area contributed by atoms with Gasteiger partial charge in [-0.2, -0.15) is 10.1 Å². The van der Waals surface area contributed by atoms with Gasteiger partial charge >= 0.3 is 0 Å². The van der Waals surface area contributed by atoms with Crippen molar-refractivity contribution in [3.8, 4) is 0 Å². The Morgan fingerprint density at radius 3 is 2.82 bits per heavy atom. The molecule has 4 aromatic rings. The summed E-state index contributed by atoms with van der Waals surface area (Å²) in [6.45, 7) is 1.98. The summed E-state index contributed by atoms with van der Waals surface area (Å²) in [5, 5.41) is 11.3. The number of carbonyl (C=O) groups excluding carboxylic acids is 1. The number of benzene rings is 2. The summed E-state index contributed by atoms with van der Waals surface area (Å²) in [6.07, 6.45) is 4.27. The molecule has 0 atom stereocenters. The molecule has 0 unspecified atom stereocenters. The molecule has 11 nitrogen and oxygen atoms in total. The minimum Gasteiger partial charge on any atom is -0.385 e. The number of H-pyrrole nitrogens is 1. The Morgan fingerprint density at radius 2 is 2.05 bits per heavy atom. The molecule has 3 N–H and O–H groups in total. The summed E-state index contributed by atoms with van der Waals surface area (Å²) >= 11 is 0. The van der Waals surface area contributed by atoms with Crippen LogP contribution in [-0.2, 0) is 26.1 Å². The number of methoxy groups -OCH3 is 1. The van der Waals surface area contributed by atoms with Gasteiger partial charge in [-0.1, -0.05) is 12.1 Å². The van der Waals surface area contributed by atoms with E-state index in [1.54, 1.807) is 31.6 Å². The SMILES string of the molecule is CC(=O)CF.COCCCN(c1ccnc(Nc2ccc3c(c2)S(=O)(=O)NC3)n1)c1cccc2[nH]ncc12. The van der Waals surface area contributed by atoms with Crippen LogP contribution in [0.2, 0.25) is 0 Å². The number of nitrogens with one attached hydrogen (secondary N) is 3. The molecule has 0 fully saturated rings. The first-order valence-electron chi connectivity index (χ1n) is 11.8. The predicted molar refractivity (Wildman–Crippen MR) is 142 cm³/mol. The number of nitrogens with zero attached hydrogens (tertiary/aromatic N) is 4. The molecule has 5 rings (SSSR count). The Kier molecular flexibility index (Phi) is 8.61. The lowest BCUT2D eigenvalue weighted by molar-refractivity contribution is -0.117. The number of aromatic amines is 1. The molecule has 3 heterocycles. The number of halogens is 1. The number of ketones is 1. The van der Waals surface area contributed by atoms with Crippen LogP contribution in [0.15, 0.2) is 59.8 Å². The maximum Gasteiger partial charge on any atom is 0.241 e. The average Bonchev–Trinajstić information content (AvgIpc) is 3.51. The molecule has 0 bridgehead atoms. The Hall–Kier alpha value is -3.94. The maximum atomic E-state index is 12.2. The van der Waals surface area contributed by atoms with Crippen molar-refractivity contribution in [2.24, 2.45) is 0 Å². The van der Waals surface area contributed by atoms with E-state index in [0.717, 1.165) is 28.6 Å². The lowest BCUT2D eigenvalue weighted by atomic mass is 10.2. The summed E-state index contributed by atoms with van der Waals surface area (Å²) < 4.78 is 42.9. The summed E-state index contributed by atoms with van der Waals surface area (Å²) in [4.78, 5) is 20.9. The Bertz CT molecular complexity index is 1530. The van der Waals surface area contributed by atoms with Crippen LogP contribution in [0, 0.1) is 0 Å². The topological polar surface area (TPSA) is 142 Å². The Balaban J connectivity index is 0.000000617. The number of fused-ring (bicyclic) bond motifs is 2. The smallest absolute Gasteiger partial charge is 0.241 e. The van der Waals surface area contributed by atoms with Crippen LogP contribution >= 0.6 is 0 Å². The minimum absolute atomic E-state index is 0.275. The van der Waals surface area contributed by atoms with Gasteiger partial charge in [0.25, 0.3) is 0 Å². The first-order chi connectivity index (χ1) is 18.3. The molecule has 0 amide bonds. The van der Waals surface area contributed by atoms with E-state index in [1.165, 1.54) is 6.92 Å². The van der Waals surface area contributed by atoms with Crippen molar-refractivity contribution in [2.75, 3.05) is 37.2 Å². The normalized spacial score (nSPS) is 13.4. The number of alkyl halides is 1. The number of hydrogen-bond donors (Lipinski definition) is 3. The molecular formula is C25H28FN7O4S. The molecule has 0 saturated carbocycles. The zero-order valence-corrected chi connectivity index (χ0v) is 21.8. The fourth-order valence-corrected chi connectivity index (χ4v) is 5.15. The quantitative estimate of drug-likeness (QED) is 0.271. The third-order valence-electron chi connectivity index (χ3n) is 5.65. The second-order valence-electron chi connectivity index (χ2n) is 8.45. The Morgan fingerprint density at radius 1 is 1.24 bits per heavy atom. The molecule has 0 aliphatic carbocycles. The number of Topliss-reactive ketones (excluding diaryl/α,β-unsaturated/α-hetero) is 1. The number of anilines is 4. The maximum absolute atomic E-state index is 12.2. The summed E-state index contributed by atoms with van der Waals surface area (Å²) in [7, 11) is -1.79. The van der Waals surface area contributed by atoms with Crippen molar-refractivity contribution in [3.05, 3.63) is 60.4 Å². The lowest BCUT2D eigenvalue weighted by Crippen LogP contribution is -2.21. The molecule has 0 radical (unpaired) electrons. The van der Waals surface area contributed by atoms with Gasteiger partial charge in [-0.15, -0.1) is 0 Å². The van der Waals surface area contributed by atoms with Gasteiger partial charge < -0.3 is 15.0 Å². The number of aromatic nitrogens is 4. The van der Waals surface area contributed by atoms with Crippen molar-refractivity contribution >= 4 is 49.9 Å². The number of rotatable bonds is 9. The molecule has 2 aromatic heterocycles. The van der Waals surface area contributed by atoms with Crippen LogP contribution in [-0.4, -0.2) is 61.3 Å². The third kappa shape index (κ3) is 6.30. The van der Waals surface area contributed by atoms with Gasteiger partial charge in [-0.05, 0) is 49.2 Å². The van der Waals surface area contributed by atoms with E-state index in [2.05, 4.69) is 30.1 Å². The fourth-order valence-electron chi connectivity index (χ4n) is 3.88. The standard InChI is InChI=1S/C22H23N7O3S.C3H5FO/c1-32-11-3-10-29(19-5-2-4-18-17(19)14-24-28-18)21-8-9-23-22(27-21)26-16-7-6-15-13-25-33(30,31)20(15)12-16;1-3(5)2-4/h2,4-9,12,14,25H,3,10-11,13H2,1H3,(H,24,28)(H,23,26,27);2H2,1H3. The molecule has 38 heavy (non-hydrogen) atoms. The predicted octanol–water partition coefficient (Wildman–Crippen LogP) is 3.61. The van der Waals surface area contributed by atoms with Crippen molar-refractivity contribution in [1.29, 1.82) is 0 Å². The Labute approximate surface area is 219 Å². The van der Waals surface area contributed by atoms with Gasteiger partial charge in [-0.25, -0.2) is 22.5 Å². The first kappa shape index (κ1) is 27.1. The highest BCUT2D eigenvalue weighted by Crippen LogP contribution is 2.32. The van der Waals surface area contributed by atoms with E-state index in [4.69, 9.17) is 9.72 Å². The molecular weight excluding hydrogens is 513 g/mol. The van der Waals surface area contributed by atoms with Crippen LogP contribution in [0.3, 0.4) is 0 Å². The van der Waals surface area contributed by atoms with Gasteiger partial charge in [0.05, 0.1) is 22.3 Å². The van der Waals surface area contributed by atoms with E-state index >= 15 is 0 Å². The number of ether oxygens (including phenoxy) is 1. The lowest BCUT2D eigenvalue weighted by Gasteiger charge is -2.25. The molecule has 0 spiro atoms. The highest BCUT2D eigenvalue weighted by atomic mass is 32.2. The molecule has 200 valence electrons. The fraction of sp³-hybridized carbons (Fsp3) is 0.280. The number of carbonyl (C=O) groups is 1. The van der Waals surface area contributed by atoms with Crippen LogP contribution in [0.25, 0.3) is 10.9 Å². The van der Waals surface area contributed by atoms with Crippen molar-refractivity contribution in [2.45, 2.75) is 24.8 Å². The molecule has 13 heteroatoms. The van der Waals surface area contributed by atoms with Gasteiger partial charge in [0.2, 0.25) is 16.0 Å². The zero-order chi connectivity index (χ0) is 27.1. The molecule has 1 aliphatic rings. The van der Waals surface area contributed by atoms with Crippen molar-refractivity contribution in [1.82, 2.24) is 24.9 Å². The average molecular weight is 542 g/mol. The second-order valence-corrected chi connectivity index (χ2v) is 10.2. The van der Waals surface area contributed by atoms with E-state index in [0.29, 0.717) is 37.1 Å². The molecule has 0 saturated heterocycles. The van der Waals surface area contributed by atoms with Gasteiger partial charge in [0, 0.05) is 44.1 Å². The zero-order valence-electron chi connectivity index (χ0n) is 20.9. The van der Waals surface area contributed by atoms with Crippen LogP contribution < -0.4 is 14.9 Å². The van der Waals surface area contributed by atoms with Crippen LogP contribution in [0.1, 0.15) is 18.9 Å². The van der Waals surface area contributed by atoms with E-state index in [1.807, 2.05) is 30.3 Å². The van der Waals surface area contributed by atoms with Crippen molar-refractivity contribution < 1.29 is 22.3 Å². The van der Waals surface area contributed by atoms with Gasteiger partial charge in [-0.3, -0.25) is 9.89 Å². The summed E-state index contributed by atoms with van der Waals surface area (Å²) in [6, 6.07) is 13.0. The van der Waals surface area contributed by atoms with Crippen molar-refractivity contribution in [3.63, 3.8) is 0 Å². The molecule has 1 aliphatic heterocycles. The van der Waals surface area contributed by atoms with E-state index < -0.39 is 22.5 Å². The third-order valence-corrected chi connectivity index (χ3v) is 7.14. The van der Waals surface area contributed by atoms with Crippen LogP contribution in [0.4, 0.5) is 27.5 Å². The van der Waals surface area contributed by atoms with E-state index in [-0.39, 0.29) is 4.90 Å². The van der Waals surface area contributed by atoms with Gasteiger partial charge in [0.15, 0.2) is 5.78 Å². The minimum atomic E-state index is -3.47. The molecule has 2 aromatic carbocycles. The monoisotopic (exact) mass is 541 g/mol. The highest BCUT2D eigenvalue weighted by molar-refractivity contribution is 7.89. The van der Waals surface area contributed by atoms with E-state index in [9.17, 15) is 17.6 Å². The number of hydrogen-bond acceptors (Lipinski definition) is 9. The second kappa shape index (κ2) is 12.1. The first-order valence-corrected chi connectivity index (χ1v) is 13.3. The highest BCUT2D eigenvalue weighted by Gasteiger charge is 2.25. The summed E-state index contributed by atoms with van der Waals surface area (Å²) in [5.41, 5.74) is 3.25. The van der Waals surface area contributed by atoms with Gasteiger partial charge in [0.1, 0.15) is 12.5 Å². The van der Waals surface area contributed by atoms with Crippen LogP contribution in [0.5, 0.6) is 0 Å². The summed E-state index contributed by atoms with van der Waals surface area (Å²) in [5.74, 6) is 0.657. The number of sulfonamides is 1. The largest absolute Gasteiger partial charge is 0.385 e.